The van der Waals surface area contributed by atoms with Gasteiger partial charge in [-0.25, -0.2) is 8.78 Å². The number of amides is 1. The van der Waals surface area contributed by atoms with Crippen LogP contribution in [0.5, 0.6) is 0 Å². The summed E-state index contributed by atoms with van der Waals surface area (Å²) in [5.74, 6) is -0.561. The molecule has 2 aliphatic rings. The number of halogens is 2. The summed E-state index contributed by atoms with van der Waals surface area (Å²) in [6.45, 7) is 3.15. The normalized spacial score (nSPS) is 17.9. The molecule has 0 spiro atoms. The van der Waals surface area contributed by atoms with E-state index in [1.165, 1.54) is 22.5 Å². The van der Waals surface area contributed by atoms with Gasteiger partial charge in [0.15, 0.2) is 0 Å². The molecule has 5 nitrogen and oxygen atoms in total. The molecule has 1 saturated carbocycles. The summed E-state index contributed by atoms with van der Waals surface area (Å²) in [5, 5.41) is 0.530. The van der Waals surface area contributed by atoms with Crippen molar-refractivity contribution in [2.45, 2.75) is 44.9 Å². The van der Waals surface area contributed by atoms with Crippen molar-refractivity contribution >= 4 is 16.8 Å². The highest BCUT2D eigenvalue weighted by Gasteiger charge is 2.41. The molecule has 1 saturated heterocycles. The Balaban J connectivity index is 1.58. The van der Waals surface area contributed by atoms with E-state index in [9.17, 15) is 18.4 Å². The molecule has 0 atom stereocenters. The quantitative estimate of drug-likeness (QED) is 0.655. The van der Waals surface area contributed by atoms with Crippen molar-refractivity contribution < 1.29 is 13.6 Å². The number of pyridine rings is 1. The van der Waals surface area contributed by atoms with Gasteiger partial charge in [-0.15, -0.1) is 0 Å². The molecule has 5 rings (SSSR count). The van der Waals surface area contributed by atoms with Gasteiger partial charge in [0, 0.05) is 24.0 Å². The first-order valence-corrected chi connectivity index (χ1v) is 10.2. The molecular formula is C23H23F2N3O2. The highest BCUT2D eigenvalue weighted by atomic mass is 19.1. The van der Waals surface area contributed by atoms with Crippen LogP contribution in [0.1, 0.15) is 31.4 Å². The largest absolute Gasteiger partial charge is 0.344 e. The van der Waals surface area contributed by atoms with E-state index in [2.05, 4.69) is 4.57 Å². The standard InChI is InChI=1S/C23H23F2N3O2/c1-14-9-15(3-6-18(14)24)17-10-28(16-4-5-16)19-7-8-26(22(30)21(17)19)11-20(29)27-12-23(2,25)13-27/h3,6-10,16H,4-5,11-13H2,1-2H3. The number of likely N-dealkylation sites (tertiary alicyclic amines) is 1. The molecule has 7 heteroatoms. The van der Waals surface area contributed by atoms with Gasteiger partial charge in [-0.2, -0.15) is 0 Å². The molecule has 0 bridgehead atoms. The first-order valence-electron chi connectivity index (χ1n) is 10.2. The van der Waals surface area contributed by atoms with Crippen molar-refractivity contribution in [3.63, 3.8) is 0 Å². The van der Waals surface area contributed by atoms with Gasteiger partial charge in [-0.3, -0.25) is 9.59 Å². The molecule has 0 N–H and O–H groups in total. The predicted molar refractivity (Wildman–Crippen MR) is 111 cm³/mol. The van der Waals surface area contributed by atoms with Gasteiger partial charge in [0.1, 0.15) is 18.0 Å². The Morgan fingerprint density at radius 3 is 2.60 bits per heavy atom. The van der Waals surface area contributed by atoms with Crippen molar-refractivity contribution in [3.05, 3.63) is 58.4 Å². The fourth-order valence-corrected chi connectivity index (χ4v) is 4.29. The van der Waals surface area contributed by atoms with E-state index in [1.54, 1.807) is 25.3 Å². The van der Waals surface area contributed by atoms with Crippen LogP contribution in [0.2, 0.25) is 0 Å². The summed E-state index contributed by atoms with van der Waals surface area (Å²) in [6, 6.07) is 7.05. The molecule has 3 aromatic rings. The van der Waals surface area contributed by atoms with Crippen molar-refractivity contribution in [2.24, 2.45) is 0 Å². The number of hydrogen-bond acceptors (Lipinski definition) is 2. The summed E-state index contributed by atoms with van der Waals surface area (Å²) in [5.41, 5.74) is 1.24. The maximum atomic E-state index is 13.8. The number of fused-ring (bicyclic) bond motifs is 1. The molecule has 1 aromatic carbocycles. The second kappa shape index (κ2) is 6.52. The van der Waals surface area contributed by atoms with E-state index < -0.39 is 5.67 Å². The lowest BCUT2D eigenvalue weighted by molar-refractivity contribution is -0.144. The maximum Gasteiger partial charge on any atom is 0.261 e. The van der Waals surface area contributed by atoms with Crippen LogP contribution in [0.25, 0.3) is 22.0 Å². The minimum atomic E-state index is -1.35. The fraction of sp³-hybridized carbons (Fsp3) is 0.391. The van der Waals surface area contributed by atoms with Crippen molar-refractivity contribution in [1.29, 1.82) is 0 Å². The van der Waals surface area contributed by atoms with Gasteiger partial charge in [-0.05, 0) is 56.0 Å². The molecule has 1 aliphatic heterocycles. The number of benzene rings is 1. The van der Waals surface area contributed by atoms with E-state index in [-0.39, 0.29) is 36.9 Å². The number of carbonyl (C=O) groups excluding carboxylic acids is 1. The Kier molecular flexibility index (Phi) is 4.14. The summed E-state index contributed by atoms with van der Waals surface area (Å²) >= 11 is 0. The second-order valence-electron chi connectivity index (χ2n) is 8.82. The Labute approximate surface area is 172 Å². The fourth-order valence-electron chi connectivity index (χ4n) is 4.29. The van der Waals surface area contributed by atoms with Gasteiger partial charge in [0.05, 0.1) is 24.0 Å². The van der Waals surface area contributed by atoms with E-state index in [0.717, 1.165) is 29.5 Å². The number of rotatable bonds is 4. The number of hydrogen-bond donors (Lipinski definition) is 0. The van der Waals surface area contributed by atoms with Gasteiger partial charge in [0.25, 0.3) is 5.56 Å². The molecule has 30 heavy (non-hydrogen) atoms. The zero-order valence-corrected chi connectivity index (χ0v) is 17.0. The smallest absolute Gasteiger partial charge is 0.261 e. The molecule has 2 aromatic heterocycles. The van der Waals surface area contributed by atoms with Crippen molar-refractivity contribution in [3.8, 4) is 11.1 Å². The Morgan fingerprint density at radius 1 is 1.23 bits per heavy atom. The third-order valence-electron chi connectivity index (χ3n) is 6.07. The minimum absolute atomic E-state index is 0.0565. The SMILES string of the molecule is Cc1cc(-c2cn(C3CC3)c3ccn(CC(=O)N4CC(C)(F)C4)c(=O)c23)ccc1F. The average molecular weight is 411 g/mol. The van der Waals surface area contributed by atoms with Crippen molar-refractivity contribution in [1.82, 2.24) is 14.0 Å². The average Bonchev–Trinajstić information content (AvgIpc) is 3.44. The van der Waals surface area contributed by atoms with E-state index >= 15 is 0 Å². The van der Waals surface area contributed by atoms with Crippen LogP contribution in [0.3, 0.4) is 0 Å². The first-order chi connectivity index (χ1) is 14.2. The second-order valence-corrected chi connectivity index (χ2v) is 8.82. The Hall–Kier alpha value is -2.96. The molecule has 3 heterocycles. The summed E-state index contributed by atoms with van der Waals surface area (Å²) in [4.78, 5) is 27.3. The monoisotopic (exact) mass is 411 g/mol. The maximum absolute atomic E-state index is 13.8. The topological polar surface area (TPSA) is 47.2 Å². The molecule has 0 unspecified atom stereocenters. The van der Waals surface area contributed by atoms with E-state index in [1.807, 2.05) is 12.3 Å². The number of nitrogens with zero attached hydrogens (tertiary/aromatic N) is 3. The number of aromatic nitrogens is 2. The van der Waals surface area contributed by atoms with Crippen LogP contribution in [0.15, 0.2) is 41.5 Å². The molecule has 1 aliphatic carbocycles. The Morgan fingerprint density at radius 2 is 1.97 bits per heavy atom. The predicted octanol–water partition coefficient (Wildman–Crippen LogP) is 3.82. The Bertz CT molecular complexity index is 1230. The van der Waals surface area contributed by atoms with Gasteiger partial charge in [0.2, 0.25) is 5.91 Å². The highest BCUT2D eigenvalue weighted by Crippen LogP contribution is 2.40. The first kappa shape index (κ1) is 19.0. The zero-order chi connectivity index (χ0) is 21.2. The number of carbonyl (C=O) groups is 1. The molecule has 2 fully saturated rings. The van der Waals surface area contributed by atoms with Crippen LogP contribution >= 0.6 is 0 Å². The summed E-state index contributed by atoms with van der Waals surface area (Å²) < 4.78 is 31.0. The lowest BCUT2D eigenvalue weighted by atomic mass is 9.99. The molecule has 0 radical (unpaired) electrons. The molecule has 156 valence electrons. The molecule has 1 amide bonds. The zero-order valence-electron chi connectivity index (χ0n) is 17.0. The van der Waals surface area contributed by atoms with Crippen LogP contribution in [-0.2, 0) is 11.3 Å². The summed E-state index contributed by atoms with van der Waals surface area (Å²) in [6.07, 6.45) is 5.72. The lowest BCUT2D eigenvalue weighted by Crippen LogP contribution is -2.60. The van der Waals surface area contributed by atoms with Gasteiger partial charge >= 0.3 is 0 Å². The minimum Gasteiger partial charge on any atom is -0.344 e. The van der Waals surface area contributed by atoms with E-state index in [4.69, 9.17) is 0 Å². The highest BCUT2D eigenvalue weighted by molar-refractivity contribution is 5.96. The number of alkyl halides is 1. The van der Waals surface area contributed by atoms with Crippen LogP contribution in [-0.4, -0.2) is 38.7 Å². The third kappa shape index (κ3) is 3.13. The van der Waals surface area contributed by atoms with Gasteiger partial charge in [-0.1, -0.05) is 6.07 Å². The molecular weight excluding hydrogens is 388 g/mol. The number of aryl methyl sites for hydroxylation is 1. The lowest BCUT2D eigenvalue weighted by Gasteiger charge is -2.42. The van der Waals surface area contributed by atoms with Crippen LogP contribution in [0, 0.1) is 12.7 Å². The van der Waals surface area contributed by atoms with Gasteiger partial charge < -0.3 is 14.0 Å². The third-order valence-corrected chi connectivity index (χ3v) is 6.07. The van der Waals surface area contributed by atoms with Crippen molar-refractivity contribution in [2.75, 3.05) is 13.1 Å². The summed E-state index contributed by atoms with van der Waals surface area (Å²) in [7, 11) is 0. The van der Waals surface area contributed by atoms with E-state index in [0.29, 0.717) is 17.0 Å². The van der Waals surface area contributed by atoms with Crippen LogP contribution in [0.4, 0.5) is 8.78 Å². The van der Waals surface area contributed by atoms with Crippen LogP contribution < -0.4 is 5.56 Å².